The molecule has 0 aromatic heterocycles. The molecular weight excluding hydrogens is 638 g/mol. The van der Waals surface area contributed by atoms with Crippen LogP contribution < -0.4 is 16.8 Å². The number of hydrogen-bond acceptors (Lipinski definition) is 7. The largest absolute Gasteiger partial charge is 0.391 e. The first-order valence-corrected chi connectivity index (χ1v) is 14.5. The summed E-state index contributed by atoms with van der Waals surface area (Å²) >= 11 is 6.94. The average Bonchev–Trinajstić information content (AvgIpc) is 3.47. The van der Waals surface area contributed by atoms with Gasteiger partial charge in [-0.1, -0.05) is 31.9 Å². The van der Waals surface area contributed by atoms with Crippen molar-refractivity contribution in [2.24, 2.45) is 11.5 Å². The van der Waals surface area contributed by atoms with Gasteiger partial charge in [-0.25, -0.2) is 0 Å². The maximum Gasteiger partial charge on any atom is 0.247 e. The summed E-state index contributed by atoms with van der Waals surface area (Å²) < 4.78 is 1.54. The molecule has 2 aliphatic heterocycles. The van der Waals surface area contributed by atoms with Gasteiger partial charge >= 0.3 is 0 Å². The third kappa shape index (κ3) is 6.82. The second-order valence-corrected chi connectivity index (χ2v) is 12.8. The molecule has 2 aliphatic rings. The summed E-state index contributed by atoms with van der Waals surface area (Å²) in [7, 11) is 0. The molecule has 0 spiro atoms. The highest BCUT2D eigenvalue weighted by atomic mass is 79.9. The first-order chi connectivity index (χ1) is 18.1. The molecule has 5 atom stereocenters. The molecule has 1 aromatic carbocycles. The number of nitrogens with zero attached hydrogens (tertiary/aromatic N) is 2. The quantitative estimate of drug-likeness (QED) is 0.254. The van der Waals surface area contributed by atoms with E-state index in [9.17, 15) is 29.4 Å². The van der Waals surface area contributed by atoms with Gasteiger partial charge in [0.25, 0.3) is 0 Å². The minimum Gasteiger partial charge on any atom is -0.391 e. The van der Waals surface area contributed by atoms with Gasteiger partial charge in [0, 0.05) is 28.5 Å². The zero-order valence-electron chi connectivity index (χ0n) is 22.3. The Labute approximate surface area is 244 Å². The van der Waals surface area contributed by atoms with E-state index in [1.165, 1.54) is 30.6 Å². The minimum atomic E-state index is -1.65. The number of carbonyl (C=O) groups excluding carboxylic acids is 4. The summed E-state index contributed by atoms with van der Waals surface area (Å²) in [6.45, 7) is 4.71. The van der Waals surface area contributed by atoms with Gasteiger partial charge in [-0.15, -0.1) is 0 Å². The van der Waals surface area contributed by atoms with Crippen molar-refractivity contribution >= 4 is 55.5 Å². The van der Waals surface area contributed by atoms with E-state index in [4.69, 9.17) is 11.5 Å². The summed E-state index contributed by atoms with van der Waals surface area (Å²) in [5, 5.41) is 23.0. The third-order valence-corrected chi connectivity index (χ3v) is 8.40. The summed E-state index contributed by atoms with van der Waals surface area (Å²) in [6, 6.07) is 2.11. The Bertz CT molecular complexity index is 1110. The van der Waals surface area contributed by atoms with Gasteiger partial charge in [-0.05, 0) is 70.2 Å². The Morgan fingerprint density at radius 1 is 1.15 bits per heavy atom. The van der Waals surface area contributed by atoms with E-state index in [0.29, 0.717) is 32.2 Å². The molecule has 2 fully saturated rings. The lowest BCUT2D eigenvalue weighted by atomic mass is 9.85. The van der Waals surface area contributed by atoms with Crippen molar-refractivity contribution in [1.82, 2.24) is 15.1 Å². The number of carbonyl (C=O) groups is 4. The molecule has 2 saturated heterocycles. The number of primary amides is 1. The van der Waals surface area contributed by atoms with Crippen LogP contribution in [-0.2, 0) is 25.6 Å². The van der Waals surface area contributed by atoms with Crippen LogP contribution in [-0.4, -0.2) is 92.1 Å². The molecule has 13 heteroatoms. The van der Waals surface area contributed by atoms with E-state index in [0.717, 1.165) is 14.5 Å². The maximum atomic E-state index is 14.1. The summed E-state index contributed by atoms with van der Waals surface area (Å²) in [6.07, 6.45) is 0.789. The lowest BCUT2D eigenvalue weighted by Crippen LogP contribution is -2.66. The maximum absolute atomic E-state index is 14.1. The summed E-state index contributed by atoms with van der Waals surface area (Å²) in [5.74, 6) is -2.46. The Kier molecular flexibility index (Phi) is 9.85. The van der Waals surface area contributed by atoms with Crippen molar-refractivity contribution < 1.29 is 29.4 Å². The minimum absolute atomic E-state index is 0.119. The van der Waals surface area contributed by atoms with E-state index in [1.54, 1.807) is 0 Å². The van der Waals surface area contributed by atoms with Crippen LogP contribution in [0.25, 0.3) is 0 Å². The first-order valence-electron chi connectivity index (χ1n) is 12.9. The van der Waals surface area contributed by atoms with Crippen LogP contribution in [0, 0.1) is 0 Å². The second kappa shape index (κ2) is 12.2. The fourth-order valence-corrected chi connectivity index (χ4v) is 6.87. The molecule has 0 radical (unpaired) electrons. The van der Waals surface area contributed by atoms with Crippen LogP contribution in [0.2, 0.25) is 0 Å². The van der Waals surface area contributed by atoms with Crippen molar-refractivity contribution in [3.05, 3.63) is 32.7 Å². The molecular formula is C26H37Br2N5O6. The highest BCUT2D eigenvalue weighted by Gasteiger charge is 2.53. The SMILES string of the molecule is CC(O)C(N)C(=O)N1CCCC1C(=O)N1CCCC1(Cc1cc(Br)cc(Br)c1)C(=O)NC(C(N)=O)C(C)(C)O. The van der Waals surface area contributed by atoms with Crippen molar-refractivity contribution in [3.8, 4) is 0 Å². The monoisotopic (exact) mass is 673 g/mol. The standard InChI is InChI=1S/C26H37Br2N5O6/c1-14(34)19(29)23(37)32-8-4-6-18(32)22(36)33-9-5-7-26(33,13-15-10-16(27)12-17(28)11-15)24(38)31-20(21(30)35)25(2,3)39/h10-12,14,18-20,34,39H,4-9,13,29H2,1-3H3,(H2,30,35)(H,31,38). The van der Waals surface area contributed by atoms with E-state index in [2.05, 4.69) is 37.2 Å². The smallest absolute Gasteiger partial charge is 0.247 e. The van der Waals surface area contributed by atoms with E-state index in [-0.39, 0.29) is 13.0 Å². The number of hydrogen-bond donors (Lipinski definition) is 5. The van der Waals surface area contributed by atoms with E-state index < -0.39 is 59.0 Å². The second-order valence-electron chi connectivity index (χ2n) is 11.0. The van der Waals surface area contributed by atoms with Gasteiger partial charge in [-0.2, -0.15) is 0 Å². The normalized spacial score (nSPS) is 23.8. The fourth-order valence-electron chi connectivity index (χ4n) is 5.48. The molecule has 11 nitrogen and oxygen atoms in total. The zero-order valence-corrected chi connectivity index (χ0v) is 25.5. The highest BCUT2D eigenvalue weighted by Crippen LogP contribution is 2.37. The fraction of sp³-hybridized carbons (Fsp3) is 0.615. The molecule has 4 amide bonds. The van der Waals surface area contributed by atoms with Gasteiger partial charge < -0.3 is 36.8 Å². The number of benzene rings is 1. The topological polar surface area (TPSA) is 179 Å². The van der Waals surface area contributed by atoms with Crippen molar-refractivity contribution in [3.63, 3.8) is 0 Å². The molecule has 216 valence electrons. The number of nitrogens with two attached hydrogens (primary N) is 2. The van der Waals surface area contributed by atoms with Gasteiger partial charge in [0.2, 0.25) is 23.6 Å². The Balaban J connectivity index is 2.03. The Morgan fingerprint density at radius 3 is 2.31 bits per heavy atom. The van der Waals surface area contributed by atoms with Gasteiger partial charge in [0.05, 0.1) is 11.7 Å². The molecule has 7 N–H and O–H groups in total. The third-order valence-electron chi connectivity index (χ3n) is 7.49. The molecule has 0 aliphatic carbocycles. The molecule has 3 rings (SSSR count). The van der Waals surface area contributed by atoms with Crippen molar-refractivity contribution in [1.29, 1.82) is 0 Å². The zero-order chi connectivity index (χ0) is 29.3. The lowest BCUT2D eigenvalue weighted by Gasteiger charge is -2.41. The number of likely N-dealkylation sites (tertiary alicyclic amines) is 2. The molecule has 39 heavy (non-hydrogen) atoms. The van der Waals surface area contributed by atoms with Gasteiger partial charge in [0.15, 0.2) is 0 Å². The van der Waals surface area contributed by atoms with Crippen LogP contribution in [0.3, 0.4) is 0 Å². The van der Waals surface area contributed by atoms with E-state index >= 15 is 0 Å². The summed E-state index contributed by atoms with van der Waals surface area (Å²) in [5.41, 5.74) is 9.11. The van der Waals surface area contributed by atoms with Gasteiger partial charge in [-0.3, -0.25) is 19.2 Å². The van der Waals surface area contributed by atoms with Crippen LogP contribution in [0.1, 0.15) is 52.0 Å². The van der Waals surface area contributed by atoms with Crippen LogP contribution in [0.4, 0.5) is 0 Å². The molecule has 0 bridgehead atoms. The predicted octanol–water partition coefficient (Wildman–Crippen LogP) is 0.555. The first kappa shape index (κ1) is 31.5. The molecule has 1 aromatic rings. The number of aliphatic hydroxyl groups is 2. The van der Waals surface area contributed by atoms with Gasteiger partial charge in [0.1, 0.15) is 23.7 Å². The number of halogens is 2. The Morgan fingerprint density at radius 2 is 1.77 bits per heavy atom. The number of rotatable bonds is 9. The highest BCUT2D eigenvalue weighted by molar-refractivity contribution is 9.11. The Hall–Kier alpha value is -2.06. The molecule has 5 unspecified atom stereocenters. The van der Waals surface area contributed by atoms with Crippen molar-refractivity contribution in [2.45, 2.75) is 88.2 Å². The predicted molar refractivity (Wildman–Crippen MR) is 151 cm³/mol. The molecule has 0 saturated carbocycles. The summed E-state index contributed by atoms with van der Waals surface area (Å²) in [4.78, 5) is 56.2. The lowest BCUT2D eigenvalue weighted by molar-refractivity contribution is -0.153. The molecule has 2 heterocycles. The van der Waals surface area contributed by atoms with Crippen LogP contribution in [0.15, 0.2) is 27.1 Å². The van der Waals surface area contributed by atoms with Crippen LogP contribution >= 0.6 is 31.9 Å². The average molecular weight is 675 g/mol. The van der Waals surface area contributed by atoms with Crippen LogP contribution in [0.5, 0.6) is 0 Å². The number of aliphatic hydroxyl groups excluding tert-OH is 1. The number of amides is 4. The van der Waals surface area contributed by atoms with E-state index in [1.807, 2.05) is 18.2 Å². The van der Waals surface area contributed by atoms with Crippen molar-refractivity contribution in [2.75, 3.05) is 13.1 Å². The number of nitrogens with one attached hydrogen (secondary N) is 1.